The summed E-state index contributed by atoms with van der Waals surface area (Å²) in [5.41, 5.74) is -1.80. The monoisotopic (exact) mass is 201 g/mol. The zero-order chi connectivity index (χ0) is 18.6. The van der Waals surface area contributed by atoms with Crippen LogP contribution in [0.15, 0.2) is 6.20 Å². The SMILES string of the molecule is [2H]C([2H])([2H])c1c[n+](C)c(C(C)(C)C)c(C([2H])([2H])[2H])c1C([2H])([2H])[2H]. The van der Waals surface area contributed by atoms with Gasteiger partial charge in [-0.3, -0.25) is 0 Å². The average molecular weight is 201 g/mol. The van der Waals surface area contributed by atoms with Crippen molar-refractivity contribution in [2.75, 3.05) is 0 Å². The maximum Gasteiger partial charge on any atom is 0.189 e. The molecule has 0 fully saturated rings. The molecule has 0 N–H and O–H groups in total. The zero-order valence-electron chi connectivity index (χ0n) is 18.0. The molecule has 0 saturated heterocycles. The van der Waals surface area contributed by atoms with E-state index in [9.17, 15) is 0 Å². The van der Waals surface area contributed by atoms with Crippen molar-refractivity contribution in [3.63, 3.8) is 0 Å². The molecule has 78 valence electrons. The highest BCUT2D eigenvalue weighted by Gasteiger charge is 2.27. The lowest BCUT2D eigenvalue weighted by Crippen LogP contribution is -2.41. The fourth-order valence-corrected chi connectivity index (χ4v) is 1.66. The van der Waals surface area contributed by atoms with E-state index in [2.05, 4.69) is 0 Å². The highest BCUT2D eigenvalue weighted by molar-refractivity contribution is 5.33. The topological polar surface area (TPSA) is 3.88 Å². The van der Waals surface area contributed by atoms with Crippen LogP contribution in [0, 0.1) is 20.6 Å². The Labute approximate surface area is 100 Å². The van der Waals surface area contributed by atoms with E-state index in [1.54, 1.807) is 20.8 Å². The standard InChI is InChI=1S/C13H22N/c1-9-8-14(7)12(13(4,5)6)11(3)10(9)2/h8H,1-7H3/q+1/i1D3,2D3,3D3. The van der Waals surface area contributed by atoms with Crippen LogP contribution < -0.4 is 4.57 Å². The minimum absolute atomic E-state index is 0.289. The predicted octanol–water partition coefficient (Wildman–Crippen LogP) is 2.73. The minimum atomic E-state index is -2.85. The molecule has 1 heteroatoms. The van der Waals surface area contributed by atoms with Crippen molar-refractivity contribution in [1.82, 2.24) is 0 Å². The predicted molar refractivity (Wildman–Crippen MR) is 60.5 cm³/mol. The molecule has 0 bridgehead atoms. The van der Waals surface area contributed by atoms with E-state index in [1.807, 2.05) is 0 Å². The molecule has 1 aromatic rings. The van der Waals surface area contributed by atoms with Gasteiger partial charge in [0.05, 0.1) is 0 Å². The highest BCUT2D eigenvalue weighted by Crippen LogP contribution is 2.24. The van der Waals surface area contributed by atoms with Crippen LogP contribution in [0.4, 0.5) is 0 Å². The third kappa shape index (κ3) is 1.82. The van der Waals surface area contributed by atoms with Crippen molar-refractivity contribution in [2.24, 2.45) is 7.05 Å². The summed E-state index contributed by atoms with van der Waals surface area (Å²) in [6.07, 6.45) is 1.21. The highest BCUT2D eigenvalue weighted by atomic mass is 14.9. The first kappa shape index (κ1) is 3.96. The lowest BCUT2D eigenvalue weighted by Gasteiger charge is -2.19. The lowest BCUT2D eigenvalue weighted by molar-refractivity contribution is -0.683. The van der Waals surface area contributed by atoms with Crippen LogP contribution in [0.1, 0.15) is 55.5 Å². The molecule has 1 aromatic heterocycles. The van der Waals surface area contributed by atoms with Crippen molar-refractivity contribution in [3.8, 4) is 0 Å². The maximum atomic E-state index is 7.80. The van der Waals surface area contributed by atoms with Crippen LogP contribution in [0.25, 0.3) is 0 Å². The third-order valence-electron chi connectivity index (χ3n) is 2.14. The second-order valence-electron chi connectivity index (χ2n) is 4.50. The fraction of sp³-hybridized carbons (Fsp3) is 0.615. The summed E-state index contributed by atoms with van der Waals surface area (Å²) in [4.78, 5) is 0. The van der Waals surface area contributed by atoms with Gasteiger partial charge in [-0.25, -0.2) is 4.57 Å². The number of aromatic nitrogens is 1. The van der Waals surface area contributed by atoms with Crippen LogP contribution in [0.5, 0.6) is 0 Å². The largest absolute Gasteiger partial charge is 0.204 e. The molecule has 0 atom stereocenters. The summed E-state index contributed by atoms with van der Waals surface area (Å²) in [5, 5.41) is 0. The van der Waals surface area contributed by atoms with Gasteiger partial charge in [0.25, 0.3) is 0 Å². The first-order chi connectivity index (χ1) is 9.88. The molecular formula is C13H22N+. The Balaban J connectivity index is 4.18. The Morgan fingerprint density at radius 2 is 1.79 bits per heavy atom. The van der Waals surface area contributed by atoms with Gasteiger partial charge in [-0.15, -0.1) is 0 Å². The molecule has 0 aromatic carbocycles. The summed E-state index contributed by atoms with van der Waals surface area (Å²) in [5.74, 6) is 0. The Bertz CT molecular complexity index is 600. The summed E-state index contributed by atoms with van der Waals surface area (Å²) in [6, 6.07) is 0. The van der Waals surface area contributed by atoms with Crippen molar-refractivity contribution in [1.29, 1.82) is 0 Å². The summed E-state index contributed by atoms with van der Waals surface area (Å²) in [7, 11) is 1.54. The molecule has 1 nitrogen and oxygen atoms in total. The van der Waals surface area contributed by atoms with E-state index in [4.69, 9.17) is 12.3 Å². The number of nitrogens with zero attached hydrogens (tertiary/aromatic N) is 1. The van der Waals surface area contributed by atoms with Gasteiger partial charge in [0, 0.05) is 28.9 Å². The Hall–Kier alpha value is -0.850. The van der Waals surface area contributed by atoms with Gasteiger partial charge >= 0.3 is 0 Å². The van der Waals surface area contributed by atoms with Crippen molar-refractivity contribution in [3.05, 3.63) is 28.6 Å². The average Bonchev–Trinajstić information content (AvgIpc) is 2.21. The summed E-state index contributed by atoms with van der Waals surface area (Å²) < 4.78 is 70.8. The van der Waals surface area contributed by atoms with Crippen molar-refractivity contribution >= 4 is 0 Å². The molecule has 14 heavy (non-hydrogen) atoms. The van der Waals surface area contributed by atoms with Gasteiger partial charge in [0.2, 0.25) is 0 Å². The number of rotatable bonds is 0. The number of pyridine rings is 1. The molecular weight excluding hydrogens is 170 g/mol. The molecule has 0 aliphatic rings. The van der Waals surface area contributed by atoms with Gasteiger partial charge < -0.3 is 0 Å². The second kappa shape index (κ2) is 3.38. The van der Waals surface area contributed by atoms with Crippen molar-refractivity contribution < 1.29 is 16.9 Å². The molecule has 0 radical (unpaired) electrons. The van der Waals surface area contributed by atoms with Gasteiger partial charge in [-0.05, 0) is 26.1 Å². The quantitative estimate of drug-likeness (QED) is 0.568. The van der Waals surface area contributed by atoms with E-state index >= 15 is 0 Å². The second-order valence-corrected chi connectivity index (χ2v) is 4.50. The number of hydrogen-bond acceptors (Lipinski definition) is 0. The first-order valence-corrected chi connectivity index (χ1v) is 4.47. The summed E-state index contributed by atoms with van der Waals surface area (Å²) in [6.45, 7) is -3.04. The van der Waals surface area contributed by atoms with E-state index in [-0.39, 0.29) is 11.3 Å². The van der Waals surface area contributed by atoms with Crippen LogP contribution in [-0.2, 0) is 12.5 Å². The van der Waals surface area contributed by atoms with E-state index in [0.29, 0.717) is 0 Å². The molecule has 0 saturated carbocycles. The summed E-state index contributed by atoms with van der Waals surface area (Å²) >= 11 is 0. The Kier molecular flexibility index (Phi) is 0.954. The van der Waals surface area contributed by atoms with Gasteiger partial charge in [-0.1, -0.05) is 20.8 Å². The zero-order valence-corrected chi connectivity index (χ0v) is 9.02. The minimum Gasteiger partial charge on any atom is -0.204 e. The van der Waals surface area contributed by atoms with Gasteiger partial charge in [-0.2, -0.15) is 0 Å². The molecule has 0 amide bonds. The normalized spacial score (nSPS) is 24.1. The van der Waals surface area contributed by atoms with Crippen molar-refractivity contribution in [2.45, 2.75) is 46.7 Å². The third-order valence-corrected chi connectivity index (χ3v) is 2.14. The lowest BCUT2D eigenvalue weighted by atomic mass is 9.86. The fourth-order valence-electron chi connectivity index (χ4n) is 1.66. The van der Waals surface area contributed by atoms with Gasteiger partial charge in [0.1, 0.15) is 7.05 Å². The van der Waals surface area contributed by atoms with E-state index < -0.39 is 37.1 Å². The molecule has 1 rings (SSSR count). The Morgan fingerprint density at radius 1 is 1.14 bits per heavy atom. The first-order valence-electron chi connectivity index (χ1n) is 8.97. The molecule has 0 aliphatic carbocycles. The molecule has 1 heterocycles. The van der Waals surface area contributed by atoms with Crippen LogP contribution in [0.2, 0.25) is 0 Å². The molecule has 0 aliphatic heterocycles. The van der Waals surface area contributed by atoms with E-state index in [1.165, 1.54) is 17.8 Å². The molecule has 0 unspecified atom stereocenters. The maximum absolute atomic E-state index is 7.80. The van der Waals surface area contributed by atoms with Crippen LogP contribution >= 0.6 is 0 Å². The number of hydrogen-bond donors (Lipinski definition) is 0. The number of aryl methyl sites for hydroxylation is 2. The van der Waals surface area contributed by atoms with E-state index in [0.717, 1.165) is 0 Å². The van der Waals surface area contributed by atoms with Crippen LogP contribution in [-0.4, -0.2) is 0 Å². The Morgan fingerprint density at radius 3 is 2.21 bits per heavy atom. The molecule has 0 spiro atoms. The van der Waals surface area contributed by atoms with Gasteiger partial charge in [0.15, 0.2) is 11.9 Å². The van der Waals surface area contributed by atoms with Crippen LogP contribution in [0.3, 0.4) is 0 Å². The smallest absolute Gasteiger partial charge is 0.189 e.